The molecule has 0 aromatic heterocycles. The van der Waals surface area contributed by atoms with Gasteiger partial charge in [0.2, 0.25) is 0 Å². The fourth-order valence-electron chi connectivity index (χ4n) is 1.45. The van der Waals surface area contributed by atoms with Gasteiger partial charge in [0.05, 0.1) is 7.11 Å². The van der Waals surface area contributed by atoms with Crippen LogP contribution < -0.4 is 4.74 Å². The average Bonchev–Trinajstić information content (AvgIpc) is 2.18. The Bertz CT molecular complexity index is 336. The molecule has 0 atom stereocenters. The first-order valence-corrected chi connectivity index (χ1v) is 5.99. The predicted octanol–water partition coefficient (Wildman–Crippen LogP) is 3.80. The number of benzene rings is 1. The molecule has 1 aromatic carbocycles. The Morgan fingerprint density at radius 3 is 2.60 bits per heavy atom. The van der Waals surface area contributed by atoms with Crippen LogP contribution in [0.25, 0.3) is 0 Å². The fraction of sp³-hybridized carbons (Fsp3) is 0.500. The van der Waals surface area contributed by atoms with Crippen LogP contribution in [-0.4, -0.2) is 12.4 Å². The summed E-state index contributed by atoms with van der Waals surface area (Å²) in [6.07, 6.45) is 0.791. The molecule has 0 aliphatic rings. The summed E-state index contributed by atoms with van der Waals surface area (Å²) < 4.78 is 18.3. The van der Waals surface area contributed by atoms with Gasteiger partial charge in [-0.1, -0.05) is 29.8 Å². The van der Waals surface area contributed by atoms with Crippen molar-refractivity contribution in [3.05, 3.63) is 29.6 Å². The molecule has 0 saturated carbocycles. The van der Waals surface area contributed by atoms with Crippen molar-refractivity contribution in [1.82, 2.24) is 0 Å². The summed E-state index contributed by atoms with van der Waals surface area (Å²) in [6.45, 7) is 4.26. The van der Waals surface area contributed by atoms with Crippen molar-refractivity contribution >= 4 is 15.9 Å². The van der Waals surface area contributed by atoms with Crippen LogP contribution in [0.2, 0.25) is 0 Å². The molecular formula is C12H16BrFO. The van der Waals surface area contributed by atoms with E-state index >= 15 is 0 Å². The highest BCUT2D eigenvalue weighted by Crippen LogP contribution is 2.29. The minimum atomic E-state index is -0.212. The van der Waals surface area contributed by atoms with E-state index < -0.39 is 0 Å². The molecule has 1 nitrogen and oxygen atoms in total. The van der Waals surface area contributed by atoms with Crippen LogP contribution in [0.15, 0.2) is 18.2 Å². The molecule has 1 aromatic rings. The third-order valence-electron chi connectivity index (χ3n) is 2.27. The second kappa shape index (κ2) is 4.97. The zero-order chi connectivity index (χ0) is 11.5. The smallest absolute Gasteiger partial charge is 0.123 e. The van der Waals surface area contributed by atoms with Crippen molar-refractivity contribution in [2.45, 2.75) is 20.3 Å². The lowest BCUT2D eigenvalue weighted by atomic mass is 9.87. The third-order valence-corrected chi connectivity index (χ3v) is 3.79. The Kier molecular flexibility index (Phi) is 4.14. The lowest BCUT2D eigenvalue weighted by Gasteiger charge is -2.22. The van der Waals surface area contributed by atoms with Crippen LogP contribution in [0.3, 0.4) is 0 Å². The van der Waals surface area contributed by atoms with Gasteiger partial charge in [0.15, 0.2) is 0 Å². The minimum absolute atomic E-state index is 0.0983. The number of methoxy groups -OCH3 is 1. The van der Waals surface area contributed by atoms with Gasteiger partial charge in [-0.15, -0.1) is 0 Å². The van der Waals surface area contributed by atoms with E-state index in [0.29, 0.717) is 0 Å². The number of hydrogen-bond acceptors (Lipinski definition) is 1. The average molecular weight is 275 g/mol. The Balaban J connectivity index is 2.97. The molecule has 0 aliphatic heterocycles. The lowest BCUT2D eigenvalue weighted by Crippen LogP contribution is -2.17. The van der Waals surface area contributed by atoms with Gasteiger partial charge in [0.1, 0.15) is 11.6 Å². The standard InChI is InChI=1S/C12H16BrFO/c1-12(2,8-13)7-9-6-10(14)4-5-11(9)15-3/h4-6H,7-8H2,1-3H3. The molecular weight excluding hydrogens is 259 g/mol. The molecule has 84 valence electrons. The highest BCUT2D eigenvalue weighted by atomic mass is 79.9. The summed E-state index contributed by atoms with van der Waals surface area (Å²) in [5.41, 5.74) is 1.02. The van der Waals surface area contributed by atoms with E-state index in [1.807, 2.05) is 0 Å². The maximum atomic E-state index is 13.1. The van der Waals surface area contributed by atoms with Gasteiger partial charge in [-0.3, -0.25) is 0 Å². The van der Waals surface area contributed by atoms with Gasteiger partial charge >= 0.3 is 0 Å². The summed E-state index contributed by atoms with van der Waals surface area (Å²) in [6, 6.07) is 4.64. The first-order chi connectivity index (χ1) is 6.98. The topological polar surface area (TPSA) is 9.23 Å². The minimum Gasteiger partial charge on any atom is -0.496 e. The quantitative estimate of drug-likeness (QED) is 0.759. The van der Waals surface area contributed by atoms with E-state index in [1.165, 1.54) is 6.07 Å². The highest BCUT2D eigenvalue weighted by molar-refractivity contribution is 9.09. The zero-order valence-corrected chi connectivity index (χ0v) is 10.9. The molecule has 0 aliphatic carbocycles. The Morgan fingerprint density at radius 2 is 2.07 bits per heavy atom. The zero-order valence-electron chi connectivity index (χ0n) is 9.31. The predicted molar refractivity (Wildman–Crippen MR) is 64.2 cm³/mol. The van der Waals surface area contributed by atoms with Crippen molar-refractivity contribution in [2.75, 3.05) is 12.4 Å². The summed E-state index contributed by atoms with van der Waals surface area (Å²) in [5, 5.41) is 0.875. The van der Waals surface area contributed by atoms with Crippen molar-refractivity contribution in [3.8, 4) is 5.75 Å². The van der Waals surface area contributed by atoms with Crippen molar-refractivity contribution in [3.63, 3.8) is 0 Å². The molecule has 0 N–H and O–H groups in total. The largest absolute Gasteiger partial charge is 0.496 e. The molecule has 15 heavy (non-hydrogen) atoms. The molecule has 0 amide bonds. The van der Waals surface area contributed by atoms with E-state index in [0.717, 1.165) is 23.1 Å². The SMILES string of the molecule is COc1ccc(F)cc1CC(C)(C)CBr. The fourth-order valence-corrected chi connectivity index (χ4v) is 1.65. The van der Waals surface area contributed by atoms with E-state index in [4.69, 9.17) is 4.74 Å². The number of hydrogen-bond donors (Lipinski definition) is 0. The molecule has 3 heteroatoms. The summed E-state index contributed by atoms with van der Waals surface area (Å²) in [4.78, 5) is 0. The highest BCUT2D eigenvalue weighted by Gasteiger charge is 2.19. The van der Waals surface area contributed by atoms with Crippen molar-refractivity contribution < 1.29 is 9.13 Å². The van der Waals surface area contributed by atoms with Crippen molar-refractivity contribution in [2.24, 2.45) is 5.41 Å². The first-order valence-electron chi connectivity index (χ1n) is 4.87. The second-order valence-electron chi connectivity index (χ2n) is 4.43. The van der Waals surface area contributed by atoms with E-state index in [9.17, 15) is 4.39 Å². The summed E-state index contributed by atoms with van der Waals surface area (Å²) in [7, 11) is 1.61. The number of halogens is 2. The van der Waals surface area contributed by atoms with Gasteiger partial charge in [0, 0.05) is 5.33 Å². The number of alkyl halides is 1. The third kappa shape index (κ3) is 3.49. The van der Waals surface area contributed by atoms with Crippen LogP contribution in [-0.2, 0) is 6.42 Å². The molecule has 0 fully saturated rings. The molecule has 0 radical (unpaired) electrons. The normalized spacial score (nSPS) is 11.5. The summed E-state index contributed by atoms with van der Waals surface area (Å²) >= 11 is 3.46. The van der Waals surface area contributed by atoms with Crippen LogP contribution >= 0.6 is 15.9 Å². The van der Waals surface area contributed by atoms with Gasteiger partial charge in [-0.25, -0.2) is 4.39 Å². The van der Waals surface area contributed by atoms with Crippen LogP contribution in [0.1, 0.15) is 19.4 Å². The van der Waals surface area contributed by atoms with E-state index in [-0.39, 0.29) is 11.2 Å². The van der Waals surface area contributed by atoms with Gasteiger partial charge in [-0.2, -0.15) is 0 Å². The Morgan fingerprint density at radius 1 is 1.40 bits per heavy atom. The maximum absolute atomic E-state index is 13.1. The van der Waals surface area contributed by atoms with Gasteiger partial charge < -0.3 is 4.74 Å². The molecule has 0 saturated heterocycles. The van der Waals surface area contributed by atoms with E-state index in [2.05, 4.69) is 29.8 Å². The molecule has 0 heterocycles. The van der Waals surface area contributed by atoms with Gasteiger partial charge in [-0.05, 0) is 35.6 Å². The van der Waals surface area contributed by atoms with Crippen molar-refractivity contribution in [1.29, 1.82) is 0 Å². The van der Waals surface area contributed by atoms with Gasteiger partial charge in [0.25, 0.3) is 0 Å². The Labute approximate surface area is 98.8 Å². The Hall–Kier alpha value is -0.570. The van der Waals surface area contributed by atoms with Crippen LogP contribution in [0.4, 0.5) is 4.39 Å². The molecule has 0 spiro atoms. The molecule has 1 rings (SSSR count). The van der Waals surface area contributed by atoms with E-state index in [1.54, 1.807) is 19.2 Å². The van der Waals surface area contributed by atoms with Crippen LogP contribution in [0, 0.1) is 11.2 Å². The lowest BCUT2D eigenvalue weighted by molar-refractivity contribution is 0.383. The summed E-state index contributed by atoms with van der Waals surface area (Å²) in [5.74, 6) is 0.543. The number of rotatable bonds is 4. The molecule has 0 bridgehead atoms. The second-order valence-corrected chi connectivity index (χ2v) is 4.99. The monoisotopic (exact) mass is 274 g/mol. The molecule has 0 unspecified atom stereocenters. The van der Waals surface area contributed by atoms with Crippen LogP contribution in [0.5, 0.6) is 5.75 Å². The maximum Gasteiger partial charge on any atom is 0.123 e. The first kappa shape index (κ1) is 12.5. The number of ether oxygens (including phenoxy) is 1.